The van der Waals surface area contributed by atoms with Gasteiger partial charge in [0, 0.05) is 30.6 Å². The van der Waals surface area contributed by atoms with E-state index in [1.165, 1.54) is 29.7 Å². The van der Waals surface area contributed by atoms with Crippen LogP contribution >= 0.6 is 0 Å². The van der Waals surface area contributed by atoms with E-state index in [4.69, 9.17) is 0 Å². The molecule has 1 heteroatoms. The lowest BCUT2D eigenvalue weighted by Gasteiger charge is -2.50. The maximum atomic E-state index is 2.49. The lowest BCUT2D eigenvalue weighted by Crippen LogP contribution is -2.47. The van der Waals surface area contributed by atoms with Gasteiger partial charge in [-0.1, -0.05) is 84.0 Å². The van der Waals surface area contributed by atoms with E-state index in [0.29, 0.717) is 11.8 Å². The van der Waals surface area contributed by atoms with Crippen LogP contribution in [0.4, 0.5) is 5.69 Å². The van der Waals surface area contributed by atoms with E-state index in [1.807, 2.05) is 0 Å². The molecule has 0 saturated carbocycles. The van der Waals surface area contributed by atoms with Gasteiger partial charge in [0.2, 0.25) is 0 Å². The van der Waals surface area contributed by atoms with Gasteiger partial charge in [-0.15, -0.1) is 0 Å². The van der Waals surface area contributed by atoms with Crippen LogP contribution in [0, 0.1) is 11.8 Å². The van der Waals surface area contributed by atoms with Gasteiger partial charge in [-0.05, 0) is 47.9 Å². The number of anilines is 1. The second-order valence-electron chi connectivity index (χ2n) is 9.67. The Hall–Kier alpha value is -1.76. The summed E-state index contributed by atoms with van der Waals surface area (Å²) >= 11 is 0. The maximum Gasteiger partial charge on any atom is 0.0361 e. The van der Waals surface area contributed by atoms with E-state index in [1.54, 1.807) is 0 Å². The van der Waals surface area contributed by atoms with E-state index < -0.39 is 0 Å². The normalized spacial score (nSPS) is 16.2. The summed E-state index contributed by atoms with van der Waals surface area (Å²) in [6, 6.07) is 20.4. The van der Waals surface area contributed by atoms with Crippen molar-refractivity contribution < 1.29 is 0 Å². The van der Waals surface area contributed by atoms with Crippen LogP contribution in [0.3, 0.4) is 0 Å². The highest BCUT2D eigenvalue weighted by Gasteiger charge is 2.47. The first-order valence-electron chi connectivity index (χ1n) is 10.4. The predicted octanol–water partition coefficient (Wildman–Crippen LogP) is 7.06. The summed E-state index contributed by atoms with van der Waals surface area (Å²) < 4.78 is 0. The molecule has 2 aromatic rings. The van der Waals surface area contributed by atoms with Crippen molar-refractivity contribution in [1.29, 1.82) is 0 Å². The Kier molecular flexibility index (Phi) is 6.78. The molecule has 2 aromatic carbocycles. The van der Waals surface area contributed by atoms with Gasteiger partial charge in [0.15, 0.2) is 0 Å². The maximum absolute atomic E-state index is 2.49. The summed E-state index contributed by atoms with van der Waals surface area (Å²) in [5.41, 5.74) is 4.31. The number of benzene rings is 2. The average Bonchev–Trinajstić information content (AvgIpc) is 2.61. The molecule has 0 bridgehead atoms. The molecule has 0 saturated heterocycles. The molecule has 0 spiro atoms. The lowest BCUT2D eigenvalue weighted by atomic mass is 9.54. The van der Waals surface area contributed by atoms with Crippen molar-refractivity contribution in [2.24, 2.45) is 11.8 Å². The van der Waals surface area contributed by atoms with Gasteiger partial charge in [-0.25, -0.2) is 0 Å². The molecule has 0 unspecified atom stereocenters. The molecular formula is C26H39N. The topological polar surface area (TPSA) is 3.24 Å². The van der Waals surface area contributed by atoms with Crippen molar-refractivity contribution in [3.63, 3.8) is 0 Å². The number of nitrogens with zero attached hydrogens (tertiary/aromatic N) is 1. The molecule has 0 aliphatic heterocycles. The second-order valence-corrected chi connectivity index (χ2v) is 9.67. The first-order chi connectivity index (χ1) is 12.6. The van der Waals surface area contributed by atoms with E-state index in [2.05, 4.69) is 115 Å². The minimum Gasteiger partial charge on any atom is -0.378 e. The summed E-state index contributed by atoms with van der Waals surface area (Å²) in [5, 5.41) is 0. The van der Waals surface area contributed by atoms with Gasteiger partial charge in [-0.2, -0.15) is 0 Å². The summed E-state index contributed by atoms with van der Waals surface area (Å²) in [6.45, 7) is 14.4. The van der Waals surface area contributed by atoms with Crippen LogP contribution in [0.2, 0.25) is 0 Å². The van der Waals surface area contributed by atoms with E-state index in [0.717, 1.165) is 0 Å². The summed E-state index contributed by atoms with van der Waals surface area (Å²) in [7, 11) is 4.21. The van der Waals surface area contributed by atoms with E-state index in [9.17, 15) is 0 Å². The van der Waals surface area contributed by atoms with Crippen LogP contribution in [0.5, 0.6) is 0 Å². The molecule has 0 fully saturated rings. The Balaban J connectivity index is 2.65. The highest BCUT2D eigenvalue weighted by molar-refractivity contribution is 5.49. The fraction of sp³-hybridized carbons (Fsp3) is 0.538. The van der Waals surface area contributed by atoms with Crippen molar-refractivity contribution in [2.75, 3.05) is 19.0 Å². The first kappa shape index (κ1) is 21.5. The third kappa shape index (κ3) is 4.57. The zero-order valence-corrected chi connectivity index (χ0v) is 18.7. The minimum atomic E-state index is 0.0671. The minimum absolute atomic E-state index is 0.0671. The Morgan fingerprint density at radius 3 is 1.44 bits per heavy atom. The summed E-state index contributed by atoms with van der Waals surface area (Å²) in [6.07, 6.45) is 2.35. The smallest absolute Gasteiger partial charge is 0.0361 e. The largest absolute Gasteiger partial charge is 0.378 e. The SMILES string of the molecule is CC(C)C[C@@](C)(c1ccc(N(C)C)cc1)[C@](C)(CC(C)C)c1ccccc1. The third-order valence-electron chi connectivity index (χ3n) is 6.28. The van der Waals surface area contributed by atoms with Gasteiger partial charge >= 0.3 is 0 Å². The Labute approximate surface area is 167 Å². The predicted molar refractivity (Wildman–Crippen MR) is 121 cm³/mol. The fourth-order valence-corrected chi connectivity index (χ4v) is 4.89. The van der Waals surface area contributed by atoms with Crippen LogP contribution < -0.4 is 4.90 Å². The van der Waals surface area contributed by atoms with Gasteiger partial charge in [0.25, 0.3) is 0 Å². The van der Waals surface area contributed by atoms with Gasteiger partial charge in [-0.3, -0.25) is 0 Å². The Bertz CT molecular complexity index is 699. The zero-order chi connectivity index (χ0) is 20.2. The zero-order valence-electron chi connectivity index (χ0n) is 18.7. The second kappa shape index (κ2) is 8.50. The molecule has 0 aromatic heterocycles. The first-order valence-corrected chi connectivity index (χ1v) is 10.4. The van der Waals surface area contributed by atoms with Crippen molar-refractivity contribution in [1.82, 2.24) is 0 Å². The summed E-state index contributed by atoms with van der Waals surface area (Å²) in [4.78, 5) is 2.17. The van der Waals surface area contributed by atoms with Crippen molar-refractivity contribution in [3.8, 4) is 0 Å². The van der Waals surface area contributed by atoms with Gasteiger partial charge in [0.1, 0.15) is 0 Å². The molecular weight excluding hydrogens is 326 g/mol. The molecule has 2 rings (SSSR count). The molecule has 0 aliphatic carbocycles. The third-order valence-corrected chi connectivity index (χ3v) is 6.28. The number of hydrogen-bond acceptors (Lipinski definition) is 1. The fourth-order valence-electron chi connectivity index (χ4n) is 4.89. The van der Waals surface area contributed by atoms with Crippen LogP contribution in [0.15, 0.2) is 54.6 Å². The van der Waals surface area contributed by atoms with Gasteiger partial charge in [0.05, 0.1) is 0 Å². The average molecular weight is 366 g/mol. The van der Waals surface area contributed by atoms with E-state index in [-0.39, 0.29) is 10.8 Å². The number of hydrogen-bond donors (Lipinski definition) is 0. The molecule has 0 heterocycles. The molecule has 0 N–H and O–H groups in total. The molecule has 0 aliphatic rings. The van der Waals surface area contributed by atoms with E-state index >= 15 is 0 Å². The molecule has 0 amide bonds. The molecule has 148 valence electrons. The molecule has 1 nitrogen and oxygen atoms in total. The monoisotopic (exact) mass is 365 g/mol. The molecule has 27 heavy (non-hydrogen) atoms. The van der Waals surface area contributed by atoms with Crippen LogP contribution in [0.1, 0.15) is 65.5 Å². The number of rotatable bonds is 8. The lowest BCUT2D eigenvalue weighted by molar-refractivity contribution is 0.179. The van der Waals surface area contributed by atoms with Crippen molar-refractivity contribution in [3.05, 3.63) is 65.7 Å². The summed E-state index contributed by atoms with van der Waals surface area (Å²) in [5.74, 6) is 1.28. The quantitative estimate of drug-likeness (QED) is 0.484. The van der Waals surface area contributed by atoms with Crippen LogP contribution in [0.25, 0.3) is 0 Å². The van der Waals surface area contributed by atoms with Crippen molar-refractivity contribution in [2.45, 2.75) is 65.2 Å². The Morgan fingerprint density at radius 2 is 1.07 bits per heavy atom. The highest BCUT2D eigenvalue weighted by atomic mass is 15.1. The van der Waals surface area contributed by atoms with Crippen molar-refractivity contribution >= 4 is 5.69 Å². The van der Waals surface area contributed by atoms with Crippen LogP contribution in [-0.4, -0.2) is 14.1 Å². The van der Waals surface area contributed by atoms with Crippen LogP contribution in [-0.2, 0) is 10.8 Å². The molecule has 2 atom stereocenters. The van der Waals surface area contributed by atoms with Gasteiger partial charge < -0.3 is 4.90 Å². The standard InChI is InChI=1S/C26H39N/c1-20(2)18-25(5,22-12-10-9-11-13-22)26(6,19-21(3)4)23-14-16-24(17-15-23)27(7)8/h9-17,20-21H,18-19H2,1-8H3/t25-,26+/m1/s1. The Morgan fingerprint density at radius 1 is 0.667 bits per heavy atom. The highest BCUT2D eigenvalue weighted by Crippen LogP contribution is 2.51. The molecule has 0 radical (unpaired) electrons.